The maximum atomic E-state index is 12.4. The summed E-state index contributed by atoms with van der Waals surface area (Å²) in [4.78, 5) is 0.754. The summed E-state index contributed by atoms with van der Waals surface area (Å²) in [5.41, 5.74) is 7.20. The van der Waals surface area contributed by atoms with Crippen molar-refractivity contribution in [3.8, 4) is 11.5 Å². The Kier molecular flexibility index (Phi) is 4.63. The van der Waals surface area contributed by atoms with E-state index in [4.69, 9.17) is 15.2 Å². The van der Waals surface area contributed by atoms with E-state index in [-0.39, 0.29) is 0 Å². The minimum Gasteiger partial charge on any atom is -0.497 e. The van der Waals surface area contributed by atoms with Crippen molar-refractivity contribution in [1.82, 2.24) is 0 Å². The van der Waals surface area contributed by atoms with Crippen molar-refractivity contribution in [3.63, 3.8) is 0 Å². The summed E-state index contributed by atoms with van der Waals surface area (Å²) in [5, 5.41) is 0. The Balaban J connectivity index is 2.18. The minimum absolute atomic E-state index is 0.385. The van der Waals surface area contributed by atoms with E-state index in [2.05, 4.69) is 0 Å². The maximum Gasteiger partial charge on any atom is 0.125 e. The van der Waals surface area contributed by atoms with Crippen molar-refractivity contribution in [3.05, 3.63) is 48.0 Å². The van der Waals surface area contributed by atoms with Crippen LogP contribution in [-0.2, 0) is 16.6 Å². The van der Waals surface area contributed by atoms with Crippen LogP contribution in [0.2, 0.25) is 0 Å². The van der Waals surface area contributed by atoms with Gasteiger partial charge in [-0.25, -0.2) is 0 Å². The van der Waals surface area contributed by atoms with Crippen LogP contribution in [0.25, 0.3) is 0 Å². The fraction of sp³-hybridized carbons (Fsp3) is 0.200. The molecule has 4 nitrogen and oxygen atoms in total. The van der Waals surface area contributed by atoms with Crippen molar-refractivity contribution < 1.29 is 13.7 Å². The van der Waals surface area contributed by atoms with E-state index < -0.39 is 10.8 Å². The molecule has 0 bridgehead atoms. The summed E-state index contributed by atoms with van der Waals surface area (Å²) in [5.74, 6) is 1.79. The molecule has 0 heterocycles. The highest BCUT2D eigenvalue weighted by Gasteiger charge is 2.10. The molecule has 20 heavy (non-hydrogen) atoms. The smallest absolute Gasteiger partial charge is 0.125 e. The van der Waals surface area contributed by atoms with Crippen LogP contribution in [0, 0.1) is 0 Å². The quantitative estimate of drug-likeness (QED) is 0.860. The van der Waals surface area contributed by atoms with Crippen molar-refractivity contribution in [2.75, 3.05) is 20.0 Å². The van der Waals surface area contributed by atoms with Gasteiger partial charge in [0.1, 0.15) is 11.5 Å². The zero-order valence-electron chi connectivity index (χ0n) is 11.5. The number of anilines is 1. The van der Waals surface area contributed by atoms with Crippen molar-refractivity contribution in [2.24, 2.45) is 0 Å². The van der Waals surface area contributed by atoms with Crippen molar-refractivity contribution >= 4 is 16.5 Å². The molecule has 0 aliphatic carbocycles. The number of hydrogen-bond acceptors (Lipinski definition) is 4. The highest BCUT2D eigenvalue weighted by Crippen LogP contribution is 2.25. The van der Waals surface area contributed by atoms with Crippen molar-refractivity contribution in [2.45, 2.75) is 10.6 Å². The summed E-state index contributed by atoms with van der Waals surface area (Å²) < 4.78 is 22.7. The molecule has 1 unspecified atom stereocenters. The largest absolute Gasteiger partial charge is 0.497 e. The molecule has 0 aliphatic rings. The molecule has 2 N–H and O–H groups in total. The molecule has 0 radical (unpaired) electrons. The first-order valence-corrected chi connectivity index (χ1v) is 7.40. The highest BCUT2D eigenvalue weighted by molar-refractivity contribution is 7.84. The maximum absolute atomic E-state index is 12.4. The molecule has 0 amide bonds. The number of nitrogens with two attached hydrogens (primary N) is 1. The normalized spacial score (nSPS) is 11.9. The fourth-order valence-corrected chi connectivity index (χ4v) is 2.96. The average Bonchev–Trinajstić information content (AvgIpc) is 2.49. The fourth-order valence-electron chi connectivity index (χ4n) is 1.83. The Bertz CT molecular complexity index is 611. The van der Waals surface area contributed by atoms with Crippen molar-refractivity contribution in [1.29, 1.82) is 0 Å². The molecule has 0 aromatic heterocycles. The Hall–Kier alpha value is -2.01. The van der Waals surface area contributed by atoms with Crippen LogP contribution in [0.15, 0.2) is 47.4 Å². The molecule has 0 aliphatic heterocycles. The van der Waals surface area contributed by atoms with Gasteiger partial charge in [-0.1, -0.05) is 6.07 Å². The van der Waals surface area contributed by atoms with Gasteiger partial charge in [0.2, 0.25) is 0 Å². The van der Waals surface area contributed by atoms with Crippen LogP contribution in [0.3, 0.4) is 0 Å². The molecule has 5 heteroatoms. The minimum atomic E-state index is -1.14. The summed E-state index contributed by atoms with van der Waals surface area (Å²) >= 11 is 0. The molecule has 0 saturated carbocycles. The Labute approximate surface area is 121 Å². The van der Waals surface area contributed by atoms with Gasteiger partial charge < -0.3 is 15.2 Å². The standard InChI is InChI=1S/C15H17NO3S/c1-18-13-5-7-14(8-6-13)20(17)10-11-3-4-12(16)9-15(11)19-2/h3-9H,10,16H2,1-2H3. The van der Waals surface area contributed by atoms with Crippen LogP contribution >= 0.6 is 0 Å². The second-order valence-corrected chi connectivity index (χ2v) is 5.69. The summed E-state index contributed by atoms with van der Waals surface area (Å²) in [7, 11) is 2.04. The van der Waals surface area contributed by atoms with E-state index in [1.165, 1.54) is 0 Å². The molecule has 2 aromatic carbocycles. The van der Waals surface area contributed by atoms with Gasteiger partial charge in [-0.05, 0) is 30.3 Å². The van der Waals surface area contributed by atoms with E-state index in [1.54, 1.807) is 50.6 Å². The topological polar surface area (TPSA) is 61.5 Å². The van der Waals surface area contributed by atoms with Crippen LogP contribution in [-0.4, -0.2) is 18.4 Å². The zero-order valence-corrected chi connectivity index (χ0v) is 12.3. The monoisotopic (exact) mass is 291 g/mol. The molecule has 106 valence electrons. The van der Waals surface area contributed by atoms with E-state index in [0.717, 1.165) is 16.2 Å². The number of hydrogen-bond donors (Lipinski definition) is 1. The first-order valence-electron chi connectivity index (χ1n) is 6.09. The third kappa shape index (κ3) is 3.30. The van der Waals surface area contributed by atoms with E-state index in [0.29, 0.717) is 17.2 Å². The Morgan fingerprint density at radius 3 is 2.35 bits per heavy atom. The van der Waals surface area contributed by atoms with Gasteiger partial charge >= 0.3 is 0 Å². The highest BCUT2D eigenvalue weighted by atomic mass is 32.2. The van der Waals surface area contributed by atoms with E-state index in [9.17, 15) is 4.21 Å². The summed E-state index contributed by atoms with van der Waals surface area (Å²) in [6.07, 6.45) is 0. The number of rotatable bonds is 5. The first kappa shape index (κ1) is 14.4. The third-order valence-electron chi connectivity index (χ3n) is 2.92. The lowest BCUT2D eigenvalue weighted by atomic mass is 10.2. The Morgan fingerprint density at radius 2 is 1.75 bits per heavy atom. The van der Waals surface area contributed by atoms with Crippen LogP contribution in [0.1, 0.15) is 5.56 Å². The molecular formula is C15H17NO3S. The van der Waals surface area contributed by atoms with Gasteiger partial charge in [0.15, 0.2) is 0 Å². The molecule has 0 saturated heterocycles. The van der Waals surface area contributed by atoms with Gasteiger partial charge in [0.25, 0.3) is 0 Å². The van der Waals surface area contributed by atoms with Crippen LogP contribution < -0.4 is 15.2 Å². The number of benzene rings is 2. The summed E-state index contributed by atoms with van der Waals surface area (Å²) in [6.45, 7) is 0. The molecular weight excluding hydrogens is 274 g/mol. The SMILES string of the molecule is COc1ccc(S(=O)Cc2ccc(N)cc2OC)cc1. The lowest BCUT2D eigenvalue weighted by Crippen LogP contribution is -2.00. The van der Waals surface area contributed by atoms with Gasteiger partial charge in [0.05, 0.1) is 30.8 Å². The lowest BCUT2D eigenvalue weighted by molar-refractivity contribution is 0.411. The molecule has 0 fully saturated rings. The molecule has 2 rings (SSSR count). The summed E-state index contributed by atoms with van der Waals surface area (Å²) in [6, 6.07) is 12.6. The second-order valence-electron chi connectivity index (χ2n) is 4.24. The van der Waals surface area contributed by atoms with E-state index >= 15 is 0 Å². The number of methoxy groups -OCH3 is 2. The van der Waals surface area contributed by atoms with Crippen LogP contribution in [0.5, 0.6) is 11.5 Å². The van der Waals surface area contributed by atoms with Gasteiger partial charge in [-0.15, -0.1) is 0 Å². The zero-order chi connectivity index (χ0) is 14.5. The average molecular weight is 291 g/mol. The lowest BCUT2D eigenvalue weighted by Gasteiger charge is -2.09. The number of ether oxygens (including phenoxy) is 2. The van der Waals surface area contributed by atoms with Gasteiger partial charge in [0, 0.05) is 22.2 Å². The predicted octanol–water partition coefficient (Wildman–Crippen LogP) is 2.59. The molecule has 2 aromatic rings. The predicted molar refractivity (Wildman–Crippen MR) is 80.5 cm³/mol. The van der Waals surface area contributed by atoms with Gasteiger partial charge in [-0.3, -0.25) is 4.21 Å². The molecule has 1 atom stereocenters. The second kappa shape index (κ2) is 6.43. The number of nitrogen functional groups attached to an aromatic ring is 1. The Morgan fingerprint density at radius 1 is 1.05 bits per heavy atom. The van der Waals surface area contributed by atoms with Gasteiger partial charge in [-0.2, -0.15) is 0 Å². The third-order valence-corrected chi connectivity index (χ3v) is 4.29. The molecule has 0 spiro atoms. The van der Waals surface area contributed by atoms with Crippen LogP contribution in [0.4, 0.5) is 5.69 Å². The van der Waals surface area contributed by atoms with E-state index in [1.807, 2.05) is 6.07 Å². The first-order chi connectivity index (χ1) is 9.63.